The van der Waals surface area contributed by atoms with E-state index in [1.54, 1.807) is 25.8 Å². The van der Waals surface area contributed by atoms with Crippen molar-refractivity contribution in [1.29, 1.82) is 0 Å². The Morgan fingerprint density at radius 2 is 2.15 bits per heavy atom. The molecular weight excluding hydrogens is 301 g/mol. The molecule has 1 N–H and O–H groups in total. The molecule has 0 aliphatic carbocycles. The molecule has 7 heteroatoms. The number of methoxy groups -OCH3 is 1. The average Bonchev–Trinajstić information content (AvgIpc) is 2.38. The summed E-state index contributed by atoms with van der Waals surface area (Å²) in [5.74, 6) is 0.451. The van der Waals surface area contributed by atoms with Gasteiger partial charge in [-0.15, -0.1) is 0 Å². The summed E-state index contributed by atoms with van der Waals surface area (Å²) in [4.78, 5) is 0.0959. The van der Waals surface area contributed by atoms with Crippen molar-refractivity contribution >= 4 is 21.8 Å². The quantitative estimate of drug-likeness (QED) is 0.797. The topological polar surface area (TPSA) is 55.4 Å². The van der Waals surface area contributed by atoms with Gasteiger partial charge >= 0.3 is 0 Å². The summed E-state index contributed by atoms with van der Waals surface area (Å²) >= 11 is 1.68. The van der Waals surface area contributed by atoms with Gasteiger partial charge in [-0.3, -0.25) is 0 Å². The van der Waals surface area contributed by atoms with E-state index < -0.39 is 15.8 Å². The first-order valence-corrected chi connectivity index (χ1v) is 9.06. The molecule has 1 aromatic carbocycles. The molecule has 114 valence electrons. The zero-order valence-electron chi connectivity index (χ0n) is 11.8. The van der Waals surface area contributed by atoms with E-state index in [0.717, 1.165) is 18.2 Å². The van der Waals surface area contributed by atoms with E-state index in [9.17, 15) is 12.8 Å². The van der Waals surface area contributed by atoms with Crippen LogP contribution in [0.2, 0.25) is 0 Å². The molecule has 0 aliphatic rings. The lowest BCUT2D eigenvalue weighted by Gasteiger charge is -2.16. The van der Waals surface area contributed by atoms with Crippen molar-refractivity contribution in [2.75, 3.05) is 25.7 Å². The normalized spacial score (nSPS) is 13.4. The Labute approximate surface area is 124 Å². The minimum Gasteiger partial charge on any atom is -0.380 e. The first-order valence-electron chi connectivity index (χ1n) is 6.18. The van der Waals surface area contributed by atoms with Gasteiger partial charge in [0.2, 0.25) is 10.0 Å². The maximum Gasteiger partial charge on any atom is 0.240 e. The van der Waals surface area contributed by atoms with Gasteiger partial charge < -0.3 is 4.74 Å². The van der Waals surface area contributed by atoms with Crippen LogP contribution in [0.15, 0.2) is 23.1 Å². The highest BCUT2D eigenvalue weighted by atomic mass is 32.2. The van der Waals surface area contributed by atoms with Gasteiger partial charge in [0.15, 0.2) is 0 Å². The maximum absolute atomic E-state index is 13.0. The lowest BCUT2D eigenvalue weighted by Crippen LogP contribution is -2.33. The van der Waals surface area contributed by atoms with Crippen LogP contribution in [0, 0.1) is 12.7 Å². The molecule has 0 saturated carbocycles. The molecule has 0 aliphatic heterocycles. The number of hydrogen-bond donors (Lipinski definition) is 1. The van der Waals surface area contributed by atoms with E-state index in [2.05, 4.69) is 4.72 Å². The number of benzene rings is 1. The van der Waals surface area contributed by atoms with Crippen LogP contribution in [0.25, 0.3) is 0 Å². The van der Waals surface area contributed by atoms with Crippen LogP contribution in [-0.2, 0) is 14.8 Å². The summed E-state index contributed by atoms with van der Waals surface area (Å²) in [6.45, 7) is 1.77. The van der Waals surface area contributed by atoms with Gasteiger partial charge in [0.1, 0.15) is 5.82 Å². The molecule has 0 heterocycles. The van der Waals surface area contributed by atoms with Crippen LogP contribution in [0.3, 0.4) is 0 Å². The van der Waals surface area contributed by atoms with E-state index in [4.69, 9.17) is 4.74 Å². The first kappa shape index (κ1) is 17.4. The smallest absolute Gasteiger partial charge is 0.240 e. The average molecular weight is 321 g/mol. The summed E-state index contributed by atoms with van der Waals surface area (Å²) in [5, 5.41) is 0. The number of nitrogens with one attached hydrogen (secondary N) is 1. The molecule has 0 bridgehead atoms. The van der Waals surface area contributed by atoms with Crippen molar-refractivity contribution < 1.29 is 17.5 Å². The van der Waals surface area contributed by atoms with Crippen molar-refractivity contribution in [2.45, 2.75) is 24.3 Å². The SMILES string of the molecule is COC(CCSC)CNS(=O)(=O)c1ccc(F)cc1C. The largest absolute Gasteiger partial charge is 0.380 e. The van der Waals surface area contributed by atoms with E-state index in [-0.39, 0.29) is 17.5 Å². The number of halogens is 1. The highest BCUT2D eigenvalue weighted by Crippen LogP contribution is 2.16. The van der Waals surface area contributed by atoms with E-state index in [0.29, 0.717) is 5.56 Å². The van der Waals surface area contributed by atoms with Crippen LogP contribution in [0.4, 0.5) is 4.39 Å². The predicted molar refractivity (Wildman–Crippen MR) is 80.1 cm³/mol. The van der Waals surface area contributed by atoms with Crippen LogP contribution in [0.1, 0.15) is 12.0 Å². The molecular formula is C13H20FNO3S2. The highest BCUT2D eigenvalue weighted by molar-refractivity contribution is 7.98. The van der Waals surface area contributed by atoms with Crippen LogP contribution < -0.4 is 4.72 Å². The fourth-order valence-corrected chi connectivity index (χ4v) is 3.54. The zero-order chi connectivity index (χ0) is 15.2. The number of sulfonamides is 1. The molecule has 1 unspecified atom stereocenters. The van der Waals surface area contributed by atoms with Crippen LogP contribution in [-0.4, -0.2) is 40.2 Å². The Hall–Kier alpha value is -0.630. The van der Waals surface area contributed by atoms with Gasteiger partial charge in [-0.1, -0.05) is 0 Å². The molecule has 0 aromatic heterocycles. The molecule has 1 atom stereocenters. The third-order valence-corrected chi connectivity index (χ3v) is 5.13. The fourth-order valence-electron chi connectivity index (χ4n) is 1.75. The van der Waals surface area contributed by atoms with E-state index in [1.807, 2.05) is 6.26 Å². The summed E-state index contributed by atoms with van der Waals surface area (Å²) in [7, 11) is -2.08. The van der Waals surface area contributed by atoms with Gasteiger partial charge in [0.05, 0.1) is 11.0 Å². The maximum atomic E-state index is 13.0. The van der Waals surface area contributed by atoms with Crippen molar-refractivity contribution in [2.24, 2.45) is 0 Å². The van der Waals surface area contributed by atoms with Crippen molar-refractivity contribution in [3.05, 3.63) is 29.6 Å². The molecule has 20 heavy (non-hydrogen) atoms. The number of ether oxygens (including phenoxy) is 1. The summed E-state index contributed by atoms with van der Waals surface area (Å²) < 4.78 is 45.1. The summed E-state index contributed by atoms with van der Waals surface area (Å²) in [6.07, 6.45) is 2.58. The van der Waals surface area contributed by atoms with Crippen LogP contribution in [0.5, 0.6) is 0 Å². The molecule has 0 radical (unpaired) electrons. The molecule has 1 aromatic rings. The third kappa shape index (κ3) is 5.05. The molecule has 0 fully saturated rings. The second kappa shape index (κ2) is 7.97. The van der Waals surface area contributed by atoms with Gasteiger partial charge in [0, 0.05) is 13.7 Å². The predicted octanol–water partition coefficient (Wildman–Crippen LogP) is 2.18. The Morgan fingerprint density at radius 1 is 1.45 bits per heavy atom. The van der Waals surface area contributed by atoms with Crippen molar-refractivity contribution in [3.63, 3.8) is 0 Å². The Balaban J connectivity index is 2.74. The Morgan fingerprint density at radius 3 is 2.70 bits per heavy atom. The van der Waals surface area contributed by atoms with E-state index in [1.165, 1.54) is 12.1 Å². The number of hydrogen-bond acceptors (Lipinski definition) is 4. The highest BCUT2D eigenvalue weighted by Gasteiger charge is 2.19. The standard InChI is InChI=1S/C13H20FNO3S2/c1-10-8-11(14)4-5-13(10)20(16,17)15-9-12(18-2)6-7-19-3/h4-5,8,12,15H,6-7,9H2,1-3H3. The monoisotopic (exact) mass is 321 g/mol. The number of aryl methyl sites for hydroxylation is 1. The van der Waals surface area contributed by atoms with Crippen molar-refractivity contribution in [1.82, 2.24) is 4.72 Å². The number of rotatable bonds is 8. The van der Waals surface area contributed by atoms with E-state index >= 15 is 0 Å². The summed E-state index contributed by atoms with van der Waals surface area (Å²) in [5.41, 5.74) is 0.385. The molecule has 0 amide bonds. The molecule has 0 saturated heterocycles. The second-order valence-corrected chi connectivity index (χ2v) is 7.12. The summed E-state index contributed by atoms with van der Waals surface area (Å²) in [6, 6.07) is 3.62. The molecule has 1 rings (SSSR count). The Bertz CT molecular complexity index is 534. The van der Waals surface area contributed by atoms with Gasteiger partial charge in [0.25, 0.3) is 0 Å². The third-order valence-electron chi connectivity index (χ3n) is 2.90. The Kier molecular flexibility index (Phi) is 6.94. The van der Waals surface area contributed by atoms with Gasteiger partial charge in [-0.2, -0.15) is 11.8 Å². The minimum atomic E-state index is -3.64. The lowest BCUT2D eigenvalue weighted by molar-refractivity contribution is 0.104. The molecule has 0 spiro atoms. The first-order chi connectivity index (χ1) is 9.40. The fraction of sp³-hybridized carbons (Fsp3) is 0.538. The number of thioether (sulfide) groups is 1. The minimum absolute atomic E-state index is 0.0959. The zero-order valence-corrected chi connectivity index (χ0v) is 13.5. The van der Waals surface area contributed by atoms with Gasteiger partial charge in [-0.25, -0.2) is 17.5 Å². The lowest BCUT2D eigenvalue weighted by atomic mass is 10.2. The second-order valence-electron chi connectivity index (χ2n) is 4.40. The van der Waals surface area contributed by atoms with Crippen molar-refractivity contribution in [3.8, 4) is 0 Å². The molecule has 4 nitrogen and oxygen atoms in total. The van der Waals surface area contributed by atoms with Crippen LogP contribution >= 0.6 is 11.8 Å². The van der Waals surface area contributed by atoms with Gasteiger partial charge in [-0.05, 0) is 49.1 Å².